The Bertz CT molecular complexity index is 323. The van der Waals surface area contributed by atoms with E-state index in [4.69, 9.17) is 9.84 Å². The monoisotopic (exact) mass is 258 g/mol. The third-order valence-corrected chi connectivity index (χ3v) is 2.22. The minimum absolute atomic E-state index is 0.170. The number of ether oxygens (including phenoxy) is 1. The lowest BCUT2D eigenvalue weighted by Crippen LogP contribution is -2.13. The Balaban J connectivity index is 2.87. The molecule has 0 heterocycles. The number of para-hydroxylation sites is 1. The van der Waals surface area contributed by atoms with Gasteiger partial charge in [-0.15, -0.1) is 0 Å². The first-order valence-corrected chi connectivity index (χ1v) is 4.99. The fourth-order valence-electron chi connectivity index (χ4n) is 0.975. The average Bonchev–Trinajstić information content (AvgIpc) is 2.15. The van der Waals surface area contributed by atoms with E-state index in [9.17, 15) is 4.79 Å². The highest BCUT2D eigenvalue weighted by atomic mass is 79.9. The van der Waals surface area contributed by atoms with Gasteiger partial charge in [0.05, 0.1) is 16.1 Å². The summed E-state index contributed by atoms with van der Waals surface area (Å²) in [6.07, 6.45) is 0.170. The zero-order valence-electron chi connectivity index (χ0n) is 7.74. The molecule has 0 aliphatic heterocycles. The first-order chi connectivity index (χ1) is 6.65. The summed E-state index contributed by atoms with van der Waals surface area (Å²) in [5.41, 5.74) is 0.472. The van der Waals surface area contributed by atoms with Gasteiger partial charge < -0.3 is 9.84 Å². The maximum atomic E-state index is 10.7. The van der Waals surface area contributed by atoms with Crippen molar-refractivity contribution in [3.05, 3.63) is 28.2 Å². The second-order valence-corrected chi connectivity index (χ2v) is 3.79. The molecule has 0 aliphatic rings. The average molecular weight is 259 g/mol. The number of aliphatic hydroxyl groups excluding tert-OH is 1. The molecule has 1 rings (SSSR count). The van der Waals surface area contributed by atoms with E-state index in [0.29, 0.717) is 15.8 Å². The molecular formula is C10H11BrO3. The lowest BCUT2D eigenvalue weighted by atomic mass is 10.2. The fraction of sp³-hybridized carbons (Fsp3) is 0.300. The van der Waals surface area contributed by atoms with Crippen LogP contribution in [0.1, 0.15) is 17.3 Å². The van der Waals surface area contributed by atoms with Crippen molar-refractivity contribution in [1.29, 1.82) is 0 Å². The summed E-state index contributed by atoms with van der Waals surface area (Å²) in [4.78, 5) is 10.7. The van der Waals surface area contributed by atoms with Crippen molar-refractivity contribution in [2.24, 2.45) is 0 Å². The largest absolute Gasteiger partial charge is 0.489 e. The van der Waals surface area contributed by atoms with Crippen molar-refractivity contribution in [1.82, 2.24) is 0 Å². The molecule has 0 aliphatic carbocycles. The van der Waals surface area contributed by atoms with Crippen LogP contribution >= 0.6 is 15.9 Å². The first-order valence-electron chi connectivity index (χ1n) is 4.19. The zero-order chi connectivity index (χ0) is 10.6. The Morgan fingerprint density at radius 1 is 1.64 bits per heavy atom. The molecule has 76 valence electrons. The molecule has 1 N–H and O–H groups in total. The van der Waals surface area contributed by atoms with Gasteiger partial charge in [-0.2, -0.15) is 0 Å². The number of hydrogen-bond acceptors (Lipinski definition) is 3. The Hall–Kier alpha value is -0.870. The predicted molar refractivity (Wildman–Crippen MR) is 56.7 cm³/mol. The Morgan fingerprint density at radius 3 is 2.93 bits per heavy atom. The topological polar surface area (TPSA) is 46.5 Å². The van der Waals surface area contributed by atoms with E-state index in [-0.39, 0.29) is 6.61 Å². The van der Waals surface area contributed by atoms with Gasteiger partial charge in [0.1, 0.15) is 12.4 Å². The lowest BCUT2D eigenvalue weighted by molar-refractivity contribution is 0.109. The van der Waals surface area contributed by atoms with Crippen LogP contribution in [-0.2, 0) is 0 Å². The Morgan fingerprint density at radius 2 is 2.36 bits per heavy atom. The number of halogens is 1. The number of carbonyl (C=O) groups excluding carboxylic acids is 1. The molecule has 1 unspecified atom stereocenters. The zero-order valence-corrected chi connectivity index (χ0v) is 9.32. The van der Waals surface area contributed by atoms with E-state index in [1.165, 1.54) is 0 Å². The van der Waals surface area contributed by atoms with Crippen molar-refractivity contribution in [3.63, 3.8) is 0 Å². The second kappa shape index (κ2) is 5.12. The number of rotatable bonds is 4. The molecule has 0 amide bonds. The van der Waals surface area contributed by atoms with Gasteiger partial charge in [-0.05, 0) is 35.0 Å². The molecule has 3 nitrogen and oxygen atoms in total. The second-order valence-electron chi connectivity index (χ2n) is 2.94. The summed E-state index contributed by atoms with van der Waals surface area (Å²) >= 11 is 3.27. The van der Waals surface area contributed by atoms with E-state index in [1.807, 2.05) is 0 Å². The number of benzene rings is 1. The molecule has 0 fully saturated rings. The van der Waals surface area contributed by atoms with E-state index in [2.05, 4.69) is 15.9 Å². The lowest BCUT2D eigenvalue weighted by Gasteiger charge is -2.11. The summed E-state index contributed by atoms with van der Waals surface area (Å²) in [5, 5.41) is 9.04. The van der Waals surface area contributed by atoms with Crippen LogP contribution in [0.3, 0.4) is 0 Å². The molecule has 0 bridgehead atoms. The maximum Gasteiger partial charge on any atom is 0.153 e. The SMILES string of the molecule is CC(O)COc1c(Br)cccc1C=O. The van der Waals surface area contributed by atoms with Crippen LogP contribution < -0.4 is 4.74 Å². The standard InChI is InChI=1S/C10H11BrO3/c1-7(13)6-14-10-8(5-12)3-2-4-9(10)11/h2-5,7,13H,6H2,1H3. The maximum absolute atomic E-state index is 10.7. The quantitative estimate of drug-likeness (QED) is 0.841. The number of carbonyl (C=O) groups is 1. The van der Waals surface area contributed by atoms with E-state index in [0.717, 1.165) is 6.29 Å². The molecule has 0 saturated carbocycles. The van der Waals surface area contributed by atoms with Gasteiger partial charge in [0.2, 0.25) is 0 Å². The molecule has 0 aromatic heterocycles. The fourth-order valence-corrected chi connectivity index (χ4v) is 1.47. The van der Waals surface area contributed by atoms with Crippen molar-refractivity contribution in [3.8, 4) is 5.75 Å². The Labute approximate surface area is 90.8 Å². The molecule has 1 aromatic carbocycles. The highest BCUT2D eigenvalue weighted by Crippen LogP contribution is 2.27. The Kier molecular flexibility index (Phi) is 4.10. The van der Waals surface area contributed by atoms with Crippen molar-refractivity contribution >= 4 is 22.2 Å². The van der Waals surface area contributed by atoms with Crippen LogP contribution in [0, 0.1) is 0 Å². The number of hydrogen-bond donors (Lipinski definition) is 1. The predicted octanol–water partition coefficient (Wildman–Crippen LogP) is 2.02. The van der Waals surface area contributed by atoms with Gasteiger partial charge in [0, 0.05) is 0 Å². The van der Waals surface area contributed by atoms with Crippen LogP contribution in [-0.4, -0.2) is 24.1 Å². The molecule has 14 heavy (non-hydrogen) atoms. The molecule has 0 spiro atoms. The number of aliphatic hydroxyl groups is 1. The van der Waals surface area contributed by atoms with Gasteiger partial charge in [-0.3, -0.25) is 4.79 Å². The minimum atomic E-state index is -0.554. The van der Waals surface area contributed by atoms with Crippen LogP contribution in [0.15, 0.2) is 22.7 Å². The van der Waals surface area contributed by atoms with Crippen LogP contribution in [0.4, 0.5) is 0 Å². The van der Waals surface area contributed by atoms with Crippen molar-refractivity contribution in [2.75, 3.05) is 6.61 Å². The minimum Gasteiger partial charge on any atom is -0.489 e. The molecular weight excluding hydrogens is 248 g/mol. The van der Waals surface area contributed by atoms with Gasteiger partial charge in [-0.1, -0.05) is 6.07 Å². The third-order valence-electron chi connectivity index (χ3n) is 1.59. The highest BCUT2D eigenvalue weighted by molar-refractivity contribution is 9.10. The van der Waals surface area contributed by atoms with Gasteiger partial charge >= 0.3 is 0 Å². The van der Waals surface area contributed by atoms with Crippen LogP contribution in [0.5, 0.6) is 5.75 Å². The smallest absolute Gasteiger partial charge is 0.153 e. The van der Waals surface area contributed by atoms with E-state index >= 15 is 0 Å². The van der Waals surface area contributed by atoms with Crippen LogP contribution in [0.2, 0.25) is 0 Å². The third kappa shape index (κ3) is 2.82. The summed E-state index contributed by atoms with van der Waals surface area (Å²) in [6.45, 7) is 1.79. The van der Waals surface area contributed by atoms with Gasteiger partial charge in [-0.25, -0.2) is 0 Å². The summed E-state index contributed by atoms with van der Waals surface area (Å²) in [6, 6.07) is 5.20. The normalized spacial score (nSPS) is 12.2. The molecule has 0 saturated heterocycles. The van der Waals surface area contributed by atoms with Crippen LogP contribution in [0.25, 0.3) is 0 Å². The molecule has 1 aromatic rings. The van der Waals surface area contributed by atoms with Crippen molar-refractivity contribution in [2.45, 2.75) is 13.0 Å². The van der Waals surface area contributed by atoms with Gasteiger partial charge in [0.15, 0.2) is 6.29 Å². The summed E-state index contributed by atoms with van der Waals surface area (Å²) in [5.74, 6) is 0.475. The van der Waals surface area contributed by atoms with E-state index < -0.39 is 6.10 Å². The first kappa shape index (κ1) is 11.2. The van der Waals surface area contributed by atoms with E-state index in [1.54, 1.807) is 25.1 Å². The summed E-state index contributed by atoms with van der Waals surface area (Å²) in [7, 11) is 0. The summed E-state index contributed by atoms with van der Waals surface area (Å²) < 4.78 is 6.00. The molecule has 0 radical (unpaired) electrons. The van der Waals surface area contributed by atoms with Gasteiger partial charge in [0.25, 0.3) is 0 Å². The number of aldehydes is 1. The van der Waals surface area contributed by atoms with Crippen molar-refractivity contribution < 1.29 is 14.6 Å². The molecule has 4 heteroatoms. The molecule has 1 atom stereocenters. The highest BCUT2D eigenvalue weighted by Gasteiger charge is 2.08.